The molecule has 0 saturated heterocycles. The molecule has 0 unspecified atom stereocenters. The first kappa shape index (κ1) is 32.0. The van der Waals surface area contributed by atoms with Crippen molar-refractivity contribution < 1.29 is 22.3 Å². The summed E-state index contributed by atoms with van der Waals surface area (Å²) in [5, 5.41) is 9.06. The highest BCUT2D eigenvalue weighted by atomic mass is 32.3. The van der Waals surface area contributed by atoms with E-state index in [1.807, 2.05) is 0 Å². The molecule has 1 heterocycles. The molecule has 0 bridgehead atoms. The maximum atomic E-state index is 9.56. The van der Waals surface area contributed by atoms with Crippen LogP contribution < -0.4 is 0 Å². The predicted octanol–water partition coefficient (Wildman–Crippen LogP) is 5.95. The molecule has 0 atom stereocenters. The van der Waals surface area contributed by atoms with Crippen LogP contribution in [-0.2, 0) is 14.6 Å². The summed E-state index contributed by atoms with van der Waals surface area (Å²) in [7, 11) is -4.17. The third-order valence-corrected chi connectivity index (χ3v) is 6.11. The van der Waals surface area contributed by atoms with Gasteiger partial charge in [0.2, 0.25) is 0 Å². The summed E-state index contributed by atoms with van der Waals surface area (Å²) < 4.78 is 30.7. The van der Waals surface area contributed by atoms with Crippen molar-refractivity contribution in [2.24, 2.45) is 4.99 Å². The molecule has 196 valence electrons. The topological polar surface area (TPSA) is 99.4 Å². The number of nitrogens with zero attached hydrogens (tertiary/aromatic N) is 2. The number of allylic oxidation sites excluding steroid dienone is 2. The lowest BCUT2D eigenvalue weighted by Gasteiger charge is -2.18. The lowest BCUT2D eigenvalue weighted by molar-refractivity contribution is 0.255. The van der Waals surface area contributed by atoms with Gasteiger partial charge in [-0.1, -0.05) is 76.9 Å². The van der Waals surface area contributed by atoms with Gasteiger partial charge in [-0.15, -0.1) is 0 Å². The second-order valence-corrected chi connectivity index (χ2v) is 9.62. The van der Waals surface area contributed by atoms with Crippen molar-refractivity contribution >= 4 is 16.2 Å². The van der Waals surface area contributed by atoms with Gasteiger partial charge in [-0.2, -0.15) is 8.42 Å². The second kappa shape index (κ2) is 22.8. The highest BCUT2D eigenvalue weighted by Gasteiger charge is 2.14. The number of hydrogen-bond donors (Lipinski definition) is 2. The number of hydrogen-bond acceptors (Lipinski definition) is 6. The van der Waals surface area contributed by atoms with E-state index in [-0.39, 0.29) is 13.2 Å². The lowest BCUT2D eigenvalue weighted by atomic mass is 10.1. The minimum atomic E-state index is -4.17. The zero-order valence-corrected chi connectivity index (χ0v) is 22.0. The Morgan fingerprint density at radius 3 is 1.94 bits per heavy atom. The fourth-order valence-corrected chi connectivity index (χ4v) is 4.10. The fraction of sp³-hybridized carbons (Fsp3) is 0.880. The average molecular weight is 491 g/mol. The molecule has 0 aromatic rings. The summed E-state index contributed by atoms with van der Waals surface area (Å²) in [5.74, 6) is 1.23. The lowest BCUT2D eigenvalue weighted by Crippen LogP contribution is -2.30. The van der Waals surface area contributed by atoms with Crippen molar-refractivity contribution in [3.63, 3.8) is 0 Å². The Balaban J connectivity index is 0.00000126. The Morgan fingerprint density at radius 1 is 0.909 bits per heavy atom. The summed E-state index contributed by atoms with van der Waals surface area (Å²) in [6.45, 7) is 6.63. The van der Waals surface area contributed by atoms with Gasteiger partial charge in [-0.05, 0) is 39.0 Å². The Kier molecular flexibility index (Phi) is 22.1. The van der Waals surface area contributed by atoms with Gasteiger partial charge in [-0.25, -0.2) is 4.18 Å². The largest absolute Gasteiger partial charge is 0.397 e. The molecular weight excluding hydrogens is 440 g/mol. The van der Waals surface area contributed by atoms with Crippen LogP contribution in [0.2, 0.25) is 0 Å². The first-order valence-electron chi connectivity index (χ1n) is 13.1. The maximum Gasteiger partial charge on any atom is 0.397 e. The molecule has 8 heteroatoms. The second-order valence-electron chi connectivity index (χ2n) is 8.53. The van der Waals surface area contributed by atoms with E-state index in [4.69, 9.17) is 9.66 Å². The van der Waals surface area contributed by atoms with E-state index in [0.717, 1.165) is 26.1 Å². The average Bonchev–Trinajstić information content (AvgIpc) is 3.20. The van der Waals surface area contributed by atoms with E-state index in [2.05, 4.69) is 33.2 Å². The number of β-amino-alcohol motifs (C(OH)–C–C–N with tert-alkyl or cyclic N) is 1. The molecular formula is C25H50N2O5S. The Labute approximate surface area is 203 Å². The molecule has 0 aliphatic carbocycles. The van der Waals surface area contributed by atoms with Gasteiger partial charge in [0.1, 0.15) is 0 Å². The normalized spacial score (nSPS) is 13.9. The number of aliphatic imine (C=N–C) groups is 1. The standard InChI is InChI=1S/C23H44N2O.C2H6O4S/c1-2-3-4-5-6-7-8-9-10-11-12-13-14-15-16-17-18-23-24-19-20-25(23)21-22-26;1-2-6-7(3,4)5/h9-10,26H,2-8,11-22H2,1H3;2H2,1H3,(H,3,4,5)/b10-9-;. The molecule has 7 nitrogen and oxygen atoms in total. The summed E-state index contributed by atoms with van der Waals surface area (Å²) in [5.41, 5.74) is 0. The van der Waals surface area contributed by atoms with E-state index < -0.39 is 10.4 Å². The summed E-state index contributed by atoms with van der Waals surface area (Å²) in [6.07, 6.45) is 24.9. The first-order valence-corrected chi connectivity index (χ1v) is 14.5. The van der Waals surface area contributed by atoms with Gasteiger partial charge < -0.3 is 10.0 Å². The smallest absolute Gasteiger partial charge is 0.395 e. The van der Waals surface area contributed by atoms with Gasteiger partial charge in [0.25, 0.3) is 0 Å². The quantitative estimate of drug-likeness (QED) is 0.124. The van der Waals surface area contributed by atoms with Crippen molar-refractivity contribution in [2.45, 2.75) is 110 Å². The summed E-state index contributed by atoms with van der Waals surface area (Å²) in [6, 6.07) is 0. The van der Waals surface area contributed by atoms with Gasteiger partial charge >= 0.3 is 10.4 Å². The minimum absolute atomic E-state index is 0.0289. The molecule has 0 aromatic heterocycles. The van der Waals surface area contributed by atoms with Crippen molar-refractivity contribution in [1.29, 1.82) is 0 Å². The highest BCUT2D eigenvalue weighted by Crippen LogP contribution is 2.13. The minimum Gasteiger partial charge on any atom is -0.395 e. The van der Waals surface area contributed by atoms with Crippen molar-refractivity contribution in [3.8, 4) is 0 Å². The molecule has 1 aliphatic rings. The van der Waals surface area contributed by atoms with E-state index in [1.165, 1.54) is 103 Å². The molecule has 2 N–H and O–H groups in total. The Morgan fingerprint density at radius 2 is 1.45 bits per heavy atom. The van der Waals surface area contributed by atoms with Crippen LogP contribution in [-0.4, -0.2) is 61.7 Å². The van der Waals surface area contributed by atoms with Gasteiger partial charge in [0.15, 0.2) is 0 Å². The van der Waals surface area contributed by atoms with E-state index in [9.17, 15) is 8.42 Å². The summed E-state index contributed by atoms with van der Waals surface area (Å²) >= 11 is 0. The molecule has 33 heavy (non-hydrogen) atoms. The number of amidine groups is 1. The van der Waals surface area contributed by atoms with Crippen LogP contribution in [0.15, 0.2) is 17.1 Å². The maximum absolute atomic E-state index is 9.56. The molecule has 1 rings (SSSR count). The number of unbranched alkanes of at least 4 members (excludes halogenated alkanes) is 12. The third-order valence-electron chi connectivity index (χ3n) is 5.58. The Bertz CT molecular complexity index is 594. The zero-order valence-electron chi connectivity index (χ0n) is 21.2. The summed E-state index contributed by atoms with van der Waals surface area (Å²) in [4.78, 5) is 6.81. The fourth-order valence-electron chi connectivity index (χ4n) is 3.81. The first-order chi connectivity index (χ1) is 15.9. The van der Waals surface area contributed by atoms with Crippen LogP contribution in [0, 0.1) is 0 Å². The van der Waals surface area contributed by atoms with Crippen LogP contribution >= 0.6 is 0 Å². The van der Waals surface area contributed by atoms with Crippen LogP contribution in [0.4, 0.5) is 0 Å². The van der Waals surface area contributed by atoms with Crippen molar-refractivity contribution in [3.05, 3.63) is 12.2 Å². The molecule has 0 radical (unpaired) electrons. The van der Waals surface area contributed by atoms with Crippen LogP contribution in [0.5, 0.6) is 0 Å². The van der Waals surface area contributed by atoms with Gasteiger partial charge in [0, 0.05) is 19.5 Å². The zero-order chi connectivity index (χ0) is 24.6. The van der Waals surface area contributed by atoms with E-state index in [0.29, 0.717) is 0 Å². The van der Waals surface area contributed by atoms with Crippen molar-refractivity contribution in [2.75, 3.05) is 32.8 Å². The molecule has 0 spiro atoms. The molecule has 1 aliphatic heterocycles. The van der Waals surface area contributed by atoms with E-state index >= 15 is 0 Å². The molecule has 0 amide bonds. The molecule has 0 saturated carbocycles. The number of aliphatic hydroxyl groups is 1. The number of aliphatic hydroxyl groups excluding tert-OH is 1. The van der Waals surface area contributed by atoms with Crippen LogP contribution in [0.1, 0.15) is 110 Å². The molecule has 0 aromatic carbocycles. The highest BCUT2D eigenvalue weighted by molar-refractivity contribution is 7.80. The monoisotopic (exact) mass is 490 g/mol. The third kappa shape index (κ3) is 22.6. The predicted molar refractivity (Wildman–Crippen MR) is 138 cm³/mol. The van der Waals surface area contributed by atoms with Crippen LogP contribution in [0.25, 0.3) is 0 Å². The van der Waals surface area contributed by atoms with Crippen molar-refractivity contribution in [1.82, 2.24) is 4.90 Å². The SMILES string of the molecule is CCCCCCCC/C=C\CCCCCCCCC1=NCCN1CCO.CCOS(=O)(=O)O. The number of rotatable bonds is 20. The molecule has 0 fully saturated rings. The van der Waals surface area contributed by atoms with Gasteiger partial charge in [-0.3, -0.25) is 9.55 Å². The van der Waals surface area contributed by atoms with Gasteiger partial charge in [0.05, 0.1) is 25.6 Å². The van der Waals surface area contributed by atoms with E-state index in [1.54, 1.807) is 0 Å². The van der Waals surface area contributed by atoms with Crippen LogP contribution in [0.3, 0.4) is 0 Å². The Hall–Kier alpha value is -0.960.